The lowest BCUT2D eigenvalue weighted by Crippen LogP contribution is -2.41. The van der Waals surface area contributed by atoms with Crippen molar-refractivity contribution in [2.75, 3.05) is 7.05 Å². The molecule has 1 aliphatic carbocycles. The molecule has 2 heteroatoms. The van der Waals surface area contributed by atoms with Crippen molar-refractivity contribution in [2.45, 2.75) is 58.2 Å². The molecule has 0 heterocycles. The smallest absolute Gasteiger partial charge is 0.107 e. The van der Waals surface area contributed by atoms with Crippen LogP contribution in [0.5, 0.6) is 0 Å². The predicted molar refractivity (Wildman–Crippen MR) is 55.5 cm³/mol. The molecule has 0 aromatic heterocycles. The Bertz CT molecular complexity index is 149. The molecule has 0 aromatic rings. The number of nitrogens with zero attached hydrogens (tertiary/aromatic N) is 1. The van der Waals surface area contributed by atoms with Crippen LogP contribution in [0.25, 0.3) is 0 Å². The van der Waals surface area contributed by atoms with E-state index < -0.39 is 0 Å². The van der Waals surface area contributed by atoms with E-state index in [1.165, 1.54) is 25.7 Å². The molecule has 2 nitrogen and oxygen atoms in total. The van der Waals surface area contributed by atoms with E-state index in [-0.39, 0.29) is 6.23 Å². The maximum Gasteiger partial charge on any atom is 0.107 e. The Morgan fingerprint density at radius 2 is 2.08 bits per heavy atom. The predicted octanol–water partition coefficient (Wildman–Crippen LogP) is 2.23. The fourth-order valence-electron chi connectivity index (χ4n) is 2.54. The highest BCUT2D eigenvalue weighted by Gasteiger charge is 2.30. The number of rotatable bonds is 4. The second-order valence-electron chi connectivity index (χ2n) is 4.22. The number of hydrogen-bond acceptors (Lipinski definition) is 2. The van der Waals surface area contributed by atoms with Crippen LogP contribution in [-0.2, 0) is 0 Å². The molecule has 0 aliphatic heterocycles. The second-order valence-corrected chi connectivity index (χ2v) is 4.22. The summed E-state index contributed by atoms with van der Waals surface area (Å²) < 4.78 is 0. The van der Waals surface area contributed by atoms with E-state index in [0.717, 1.165) is 12.3 Å². The van der Waals surface area contributed by atoms with Crippen molar-refractivity contribution >= 4 is 0 Å². The molecule has 3 unspecified atom stereocenters. The number of aliphatic hydroxyl groups is 1. The Hall–Kier alpha value is -0.0800. The van der Waals surface area contributed by atoms with Crippen LogP contribution in [0.3, 0.4) is 0 Å². The lowest BCUT2D eigenvalue weighted by atomic mass is 9.99. The van der Waals surface area contributed by atoms with E-state index >= 15 is 0 Å². The average molecular weight is 185 g/mol. The molecule has 13 heavy (non-hydrogen) atoms. The summed E-state index contributed by atoms with van der Waals surface area (Å²) in [6, 6.07) is 0.625. The van der Waals surface area contributed by atoms with Crippen LogP contribution in [0.1, 0.15) is 46.0 Å². The molecule has 78 valence electrons. The molecule has 0 spiro atoms. The summed E-state index contributed by atoms with van der Waals surface area (Å²) in [7, 11) is 2.06. The van der Waals surface area contributed by atoms with Gasteiger partial charge in [0.2, 0.25) is 0 Å². The van der Waals surface area contributed by atoms with Crippen LogP contribution in [0, 0.1) is 5.92 Å². The first kappa shape index (κ1) is 11.0. The molecule has 1 N–H and O–H groups in total. The standard InChI is InChI=1S/C11H23NO/c1-4-9-7-6-8-10(9)12(3)11(13)5-2/h9-11,13H,4-8H2,1-3H3. The van der Waals surface area contributed by atoms with Crippen LogP contribution in [0.2, 0.25) is 0 Å². The van der Waals surface area contributed by atoms with Crippen LogP contribution in [-0.4, -0.2) is 29.3 Å². The monoisotopic (exact) mass is 185 g/mol. The van der Waals surface area contributed by atoms with Gasteiger partial charge in [-0.3, -0.25) is 4.90 Å². The lowest BCUT2D eigenvalue weighted by molar-refractivity contribution is -0.0186. The summed E-state index contributed by atoms with van der Waals surface area (Å²) in [6.07, 6.45) is 5.81. The van der Waals surface area contributed by atoms with Gasteiger partial charge in [0.15, 0.2) is 0 Å². The van der Waals surface area contributed by atoms with Gasteiger partial charge in [-0.1, -0.05) is 26.7 Å². The van der Waals surface area contributed by atoms with Gasteiger partial charge in [0.1, 0.15) is 6.23 Å². The molecule has 0 bridgehead atoms. The van der Waals surface area contributed by atoms with Gasteiger partial charge in [0.25, 0.3) is 0 Å². The third-order valence-electron chi connectivity index (χ3n) is 3.50. The first-order valence-corrected chi connectivity index (χ1v) is 5.60. The van der Waals surface area contributed by atoms with Crippen LogP contribution < -0.4 is 0 Å². The van der Waals surface area contributed by atoms with Gasteiger partial charge in [-0.05, 0) is 32.2 Å². The van der Waals surface area contributed by atoms with Crippen molar-refractivity contribution in [3.05, 3.63) is 0 Å². The Balaban J connectivity index is 2.49. The van der Waals surface area contributed by atoms with E-state index in [4.69, 9.17) is 0 Å². The minimum absolute atomic E-state index is 0.239. The van der Waals surface area contributed by atoms with Crippen molar-refractivity contribution < 1.29 is 5.11 Å². The third-order valence-corrected chi connectivity index (χ3v) is 3.50. The highest BCUT2D eigenvalue weighted by atomic mass is 16.3. The van der Waals surface area contributed by atoms with E-state index in [0.29, 0.717) is 6.04 Å². The van der Waals surface area contributed by atoms with Gasteiger partial charge >= 0.3 is 0 Å². The summed E-state index contributed by atoms with van der Waals surface area (Å²) in [5.41, 5.74) is 0. The first-order valence-electron chi connectivity index (χ1n) is 5.60. The molecule has 0 amide bonds. The van der Waals surface area contributed by atoms with E-state index in [9.17, 15) is 5.11 Å². The van der Waals surface area contributed by atoms with Crippen molar-refractivity contribution in [3.63, 3.8) is 0 Å². The Labute approximate surface area is 81.9 Å². The van der Waals surface area contributed by atoms with Crippen LogP contribution >= 0.6 is 0 Å². The maximum atomic E-state index is 9.73. The summed E-state index contributed by atoms with van der Waals surface area (Å²) in [5.74, 6) is 0.811. The average Bonchev–Trinajstić information content (AvgIpc) is 2.62. The van der Waals surface area contributed by atoms with Gasteiger partial charge in [0.05, 0.1) is 0 Å². The fourth-order valence-corrected chi connectivity index (χ4v) is 2.54. The lowest BCUT2D eigenvalue weighted by Gasteiger charge is -2.32. The molecule has 0 radical (unpaired) electrons. The normalized spacial score (nSPS) is 31.2. The molecule has 0 aromatic carbocycles. The summed E-state index contributed by atoms with van der Waals surface area (Å²) in [5, 5.41) is 9.73. The minimum atomic E-state index is -0.239. The van der Waals surface area contributed by atoms with Crippen LogP contribution in [0.4, 0.5) is 0 Å². The zero-order valence-electron chi connectivity index (χ0n) is 9.16. The topological polar surface area (TPSA) is 23.5 Å². The van der Waals surface area contributed by atoms with Crippen molar-refractivity contribution in [2.24, 2.45) is 5.92 Å². The Morgan fingerprint density at radius 3 is 2.62 bits per heavy atom. The summed E-state index contributed by atoms with van der Waals surface area (Å²) in [4.78, 5) is 2.17. The zero-order chi connectivity index (χ0) is 9.84. The number of hydrogen-bond donors (Lipinski definition) is 1. The van der Waals surface area contributed by atoms with E-state index in [1.807, 2.05) is 6.92 Å². The maximum absolute atomic E-state index is 9.73. The second kappa shape index (κ2) is 4.97. The molecule has 1 rings (SSSR count). The molecular weight excluding hydrogens is 162 g/mol. The van der Waals surface area contributed by atoms with Crippen LogP contribution in [0.15, 0.2) is 0 Å². The molecular formula is C11H23NO. The first-order chi connectivity index (χ1) is 6.20. The fraction of sp³-hybridized carbons (Fsp3) is 1.00. The third kappa shape index (κ3) is 2.44. The minimum Gasteiger partial charge on any atom is -0.378 e. The molecule has 1 aliphatic rings. The highest BCUT2D eigenvalue weighted by molar-refractivity contribution is 4.83. The quantitative estimate of drug-likeness (QED) is 0.679. The number of aliphatic hydroxyl groups excluding tert-OH is 1. The SMILES string of the molecule is CCC1CCCC1N(C)C(O)CC. The van der Waals surface area contributed by atoms with E-state index in [2.05, 4.69) is 18.9 Å². The summed E-state index contributed by atoms with van der Waals surface area (Å²) >= 11 is 0. The highest BCUT2D eigenvalue weighted by Crippen LogP contribution is 2.32. The van der Waals surface area contributed by atoms with Gasteiger partial charge in [-0.2, -0.15) is 0 Å². The zero-order valence-corrected chi connectivity index (χ0v) is 9.16. The molecule has 3 atom stereocenters. The van der Waals surface area contributed by atoms with E-state index in [1.54, 1.807) is 0 Å². The largest absolute Gasteiger partial charge is 0.378 e. The van der Waals surface area contributed by atoms with Crippen molar-refractivity contribution in [1.82, 2.24) is 4.90 Å². The van der Waals surface area contributed by atoms with Gasteiger partial charge < -0.3 is 5.11 Å². The van der Waals surface area contributed by atoms with Crippen molar-refractivity contribution in [3.8, 4) is 0 Å². The Morgan fingerprint density at radius 1 is 1.38 bits per heavy atom. The molecule has 0 saturated heterocycles. The summed E-state index contributed by atoms with van der Waals surface area (Å²) in [6.45, 7) is 4.30. The van der Waals surface area contributed by atoms with Crippen molar-refractivity contribution in [1.29, 1.82) is 0 Å². The molecule has 1 saturated carbocycles. The Kier molecular flexibility index (Phi) is 4.20. The molecule has 1 fully saturated rings. The van der Waals surface area contributed by atoms with Gasteiger partial charge in [0, 0.05) is 6.04 Å². The van der Waals surface area contributed by atoms with Gasteiger partial charge in [-0.15, -0.1) is 0 Å². The van der Waals surface area contributed by atoms with Gasteiger partial charge in [-0.25, -0.2) is 0 Å².